The fourth-order valence-corrected chi connectivity index (χ4v) is 1.22. The van der Waals surface area contributed by atoms with Gasteiger partial charge in [0.05, 0.1) is 4.99 Å². The van der Waals surface area contributed by atoms with E-state index in [0.29, 0.717) is 0 Å². The minimum atomic E-state index is 1.03. The molecule has 0 saturated heterocycles. The SMILES string of the molecule is CCCCCNC(=S)CCC. The zero-order valence-electron chi connectivity index (χ0n) is 7.65. The highest BCUT2D eigenvalue weighted by Crippen LogP contribution is 1.93. The average Bonchev–Trinajstić information content (AvgIpc) is 1.99. The molecule has 0 saturated carbocycles. The van der Waals surface area contributed by atoms with Gasteiger partial charge in [-0.15, -0.1) is 0 Å². The molecule has 0 amide bonds. The van der Waals surface area contributed by atoms with Crippen molar-refractivity contribution in [1.29, 1.82) is 0 Å². The number of nitrogens with one attached hydrogen (secondary N) is 1. The molecule has 0 aromatic carbocycles. The lowest BCUT2D eigenvalue weighted by Crippen LogP contribution is -2.21. The zero-order valence-corrected chi connectivity index (χ0v) is 8.47. The molecule has 0 rings (SSSR count). The molecule has 0 atom stereocenters. The van der Waals surface area contributed by atoms with Crippen LogP contribution in [0.15, 0.2) is 0 Å². The van der Waals surface area contributed by atoms with Crippen LogP contribution in [0.25, 0.3) is 0 Å². The number of thiocarbonyl (C=S) groups is 1. The molecule has 1 nitrogen and oxygen atoms in total. The summed E-state index contributed by atoms with van der Waals surface area (Å²) in [7, 11) is 0. The highest BCUT2D eigenvalue weighted by molar-refractivity contribution is 7.80. The molecule has 0 spiro atoms. The molecule has 0 heterocycles. The molecule has 0 unspecified atom stereocenters. The number of hydrogen-bond donors (Lipinski definition) is 1. The van der Waals surface area contributed by atoms with E-state index < -0.39 is 0 Å². The Kier molecular flexibility index (Phi) is 7.91. The van der Waals surface area contributed by atoms with Gasteiger partial charge in [0.2, 0.25) is 0 Å². The topological polar surface area (TPSA) is 12.0 Å². The van der Waals surface area contributed by atoms with Crippen LogP contribution in [0.3, 0.4) is 0 Å². The van der Waals surface area contributed by atoms with Crippen molar-refractivity contribution in [2.24, 2.45) is 0 Å². The Labute approximate surface area is 75.6 Å². The van der Waals surface area contributed by atoms with Gasteiger partial charge in [-0.25, -0.2) is 0 Å². The van der Waals surface area contributed by atoms with E-state index in [-0.39, 0.29) is 0 Å². The molecule has 0 radical (unpaired) electrons. The second kappa shape index (κ2) is 7.99. The summed E-state index contributed by atoms with van der Waals surface area (Å²) in [5.74, 6) is 0. The molecule has 11 heavy (non-hydrogen) atoms. The van der Waals surface area contributed by atoms with Gasteiger partial charge in [-0.2, -0.15) is 0 Å². The summed E-state index contributed by atoms with van der Waals surface area (Å²) in [6, 6.07) is 0. The van der Waals surface area contributed by atoms with Crippen LogP contribution in [0.5, 0.6) is 0 Å². The number of hydrogen-bond acceptors (Lipinski definition) is 1. The molecule has 0 fully saturated rings. The van der Waals surface area contributed by atoms with Crippen molar-refractivity contribution in [3.05, 3.63) is 0 Å². The van der Waals surface area contributed by atoms with Crippen molar-refractivity contribution in [2.45, 2.75) is 46.0 Å². The summed E-state index contributed by atoms with van der Waals surface area (Å²) in [6.07, 6.45) is 6.03. The number of unbranched alkanes of at least 4 members (excludes halogenated alkanes) is 2. The third kappa shape index (κ3) is 7.79. The van der Waals surface area contributed by atoms with Crippen LogP contribution in [-0.4, -0.2) is 11.5 Å². The predicted molar refractivity (Wildman–Crippen MR) is 55.0 cm³/mol. The van der Waals surface area contributed by atoms with E-state index in [1.807, 2.05) is 0 Å². The molecule has 66 valence electrons. The molecule has 0 aliphatic rings. The van der Waals surface area contributed by atoms with Gasteiger partial charge in [0.25, 0.3) is 0 Å². The molecular weight excluding hydrogens is 154 g/mol. The van der Waals surface area contributed by atoms with Crippen LogP contribution in [0.2, 0.25) is 0 Å². The van der Waals surface area contributed by atoms with E-state index in [2.05, 4.69) is 19.2 Å². The fraction of sp³-hybridized carbons (Fsp3) is 0.889. The second-order valence-electron chi connectivity index (χ2n) is 2.81. The molecule has 0 aromatic heterocycles. The molecule has 2 heteroatoms. The average molecular weight is 173 g/mol. The fourth-order valence-electron chi connectivity index (χ4n) is 0.918. The summed E-state index contributed by atoms with van der Waals surface area (Å²) in [4.78, 5) is 1.03. The number of rotatable bonds is 6. The molecule has 0 aliphatic heterocycles. The van der Waals surface area contributed by atoms with Crippen molar-refractivity contribution < 1.29 is 0 Å². The lowest BCUT2D eigenvalue weighted by molar-refractivity contribution is 0.693. The van der Waals surface area contributed by atoms with Crippen LogP contribution in [0.1, 0.15) is 46.0 Å². The molecule has 0 bridgehead atoms. The lowest BCUT2D eigenvalue weighted by Gasteiger charge is -2.05. The van der Waals surface area contributed by atoms with Crippen LogP contribution in [-0.2, 0) is 0 Å². The minimum Gasteiger partial charge on any atom is -0.380 e. The Hall–Kier alpha value is -0.110. The van der Waals surface area contributed by atoms with Crippen molar-refractivity contribution >= 4 is 17.2 Å². The van der Waals surface area contributed by atoms with Gasteiger partial charge in [0.1, 0.15) is 0 Å². The van der Waals surface area contributed by atoms with Crippen LogP contribution in [0.4, 0.5) is 0 Å². The van der Waals surface area contributed by atoms with Crippen LogP contribution < -0.4 is 5.32 Å². The van der Waals surface area contributed by atoms with Gasteiger partial charge in [-0.3, -0.25) is 0 Å². The Morgan fingerprint density at radius 1 is 1.18 bits per heavy atom. The first-order valence-electron chi connectivity index (χ1n) is 4.58. The molecule has 1 N–H and O–H groups in total. The van der Waals surface area contributed by atoms with E-state index in [1.165, 1.54) is 19.3 Å². The van der Waals surface area contributed by atoms with E-state index in [1.54, 1.807) is 0 Å². The lowest BCUT2D eigenvalue weighted by atomic mass is 10.2. The van der Waals surface area contributed by atoms with Gasteiger partial charge in [-0.05, 0) is 19.3 Å². The van der Waals surface area contributed by atoms with Crippen molar-refractivity contribution in [2.75, 3.05) is 6.54 Å². The quantitative estimate of drug-likeness (QED) is 0.489. The highest BCUT2D eigenvalue weighted by Gasteiger charge is 1.91. The maximum Gasteiger partial charge on any atom is 0.0753 e. The second-order valence-corrected chi connectivity index (χ2v) is 3.30. The van der Waals surface area contributed by atoms with Crippen molar-refractivity contribution in [3.8, 4) is 0 Å². The Morgan fingerprint density at radius 3 is 2.45 bits per heavy atom. The first-order chi connectivity index (χ1) is 5.31. The summed E-state index contributed by atoms with van der Waals surface area (Å²) < 4.78 is 0. The van der Waals surface area contributed by atoms with E-state index in [9.17, 15) is 0 Å². The van der Waals surface area contributed by atoms with Gasteiger partial charge in [-0.1, -0.05) is 38.9 Å². The first-order valence-corrected chi connectivity index (χ1v) is 4.98. The van der Waals surface area contributed by atoms with Crippen molar-refractivity contribution in [1.82, 2.24) is 5.32 Å². The highest BCUT2D eigenvalue weighted by atomic mass is 32.1. The smallest absolute Gasteiger partial charge is 0.0753 e. The largest absolute Gasteiger partial charge is 0.380 e. The molecular formula is C9H19NS. The summed E-state index contributed by atoms with van der Waals surface area (Å²) in [5, 5.41) is 3.25. The zero-order chi connectivity index (χ0) is 8.53. The Balaban J connectivity index is 3.04. The molecule has 0 aliphatic carbocycles. The Bertz CT molecular complexity index is 102. The van der Waals surface area contributed by atoms with Gasteiger partial charge in [0, 0.05) is 6.54 Å². The summed E-state index contributed by atoms with van der Waals surface area (Å²) in [6.45, 7) is 5.43. The van der Waals surface area contributed by atoms with Crippen LogP contribution >= 0.6 is 12.2 Å². The minimum absolute atomic E-state index is 1.03. The van der Waals surface area contributed by atoms with E-state index in [0.717, 1.165) is 24.4 Å². The third-order valence-electron chi connectivity index (χ3n) is 1.58. The van der Waals surface area contributed by atoms with Gasteiger partial charge < -0.3 is 5.32 Å². The monoisotopic (exact) mass is 173 g/mol. The van der Waals surface area contributed by atoms with Gasteiger partial charge >= 0.3 is 0 Å². The summed E-state index contributed by atoms with van der Waals surface area (Å²) >= 11 is 5.09. The maximum atomic E-state index is 5.09. The third-order valence-corrected chi connectivity index (χ3v) is 1.93. The molecule has 0 aromatic rings. The van der Waals surface area contributed by atoms with Gasteiger partial charge in [0.15, 0.2) is 0 Å². The van der Waals surface area contributed by atoms with E-state index in [4.69, 9.17) is 12.2 Å². The normalized spacial score (nSPS) is 9.64. The standard InChI is InChI=1S/C9H19NS/c1-3-5-6-8-10-9(11)7-4-2/h3-8H2,1-2H3,(H,10,11). The van der Waals surface area contributed by atoms with E-state index >= 15 is 0 Å². The summed E-state index contributed by atoms with van der Waals surface area (Å²) in [5.41, 5.74) is 0. The first kappa shape index (κ1) is 10.9. The van der Waals surface area contributed by atoms with Crippen molar-refractivity contribution in [3.63, 3.8) is 0 Å². The Morgan fingerprint density at radius 2 is 1.91 bits per heavy atom. The predicted octanol–water partition coefficient (Wildman–Crippen LogP) is 2.89. The maximum absolute atomic E-state index is 5.09. The van der Waals surface area contributed by atoms with Crippen LogP contribution in [0, 0.1) is 0 Å².